The first-order chi connectivity index (χ1) is 10.1. The molecule has 4 heteroatoms. The van der Waals surface area contributed by atoms with Gasteiger partial charge < -0.3 is 5.32 Å². The molecule has 1 aliphatic heterocycles. The Hall–Kier alpha value is -1.68. The van der Waals surface area contributed by atoms with Gasteiger partial charge in [-0.05, 0) is 29.9 Å². The zero-order chi connectivity index (χ0) is 15.0. The van der Waals surface area contributed by atoms with Gasteiger partial charge in [0.1, 0.15) is 0 Å². The highest BCUT2D eigenvalue weighted by Gasteiger charge is 2.45. The summed E-state index contributed by atoms with van der Waals surface area (Å²) in [5, 5.41) is 3.23. The summed E-state index contributed by atoms with van der Waals surface area (Å²) in [5.41, 5.74) is 2.45. The Labute approximate surface area is 125 Å². The van der Waals surface area contributed by atoms with Crippen LogP contribution in [0, 0.1) is 0 Å². The van der Waals surface area contributed by atoms with Crippen molar-refractivity contribution in [1.82, 2.24) is 10.2 Å². The van der Waals surface area contributed by atoms with E-state index in [9.17, 15) is 9.59 Å². The number of hydrogen-bond acceptors (Lipinski definition) is 3. The van der Waals surface area contributed by atoms with Crippen molar-refractivity contribution in [2.75, 3.05) is 0 Å². The molecule has 1 heterocycles. The second-order valence-corrected chi connectivity index (χ2v) is 6.37. The van der Waals surface area contributed by atoms with Crippen molar-refractivity contribution >= 4 is 11.8 Å². The molecule has 2 aliphatic rings. The molecule has 3 rings (SSSR count). The number of rotatable bonds is 5. The molecule has 112 valence electrons. The first kappa shape index (κ1) is 14.3. The van der Waals surface area contributed by atoms with Gasteiger partial charge in [0.05, 0.1) is 12.5 Å². The average Bonchev–Trinajstić information content (AvgIpc) is 3.24. The van der Waals surface area contributed by atoms with Gasteiger partial charge in [0, 0.05) is 12.6 Å². The van der Waals surface area contributed by atoms with Crippen molar-refractivity contribution in [3.63, 3.8) is 0 Å². The summed E-state index contributed by atoms with van der Waals surface area (Å²) in [7, 11) is 0. The van der Waals surface area contributed by atoms with Crippen LogP contribution in [0.1, 0.15) is 50.2 Å². The van der Waals surface area contributed by atoms with Crippen LogP contribution in [-0.4, -0.2) is 28.8 Å². The molecule has 1 atom stereocenters. The molecule has 2 amide bonds. The Bertz CT molecular complexity index is 546. The molecule has 1 aliphatic carbocycles. The summed E-state index contributed by atoms with van der Waals surface area (Å²) in [4.78, 5) is 25.5. The van der Waals surface area contributed by atoms with Gasteiger partial charge in [-0.25, -0.2) is 0 Å². The van der Waals surface area contributed by atoms with Gasteiger partial charge in [0.2, 0.25) is 11.8 Å². The van der Waals surface area contributed by atoms with Crippen LogP contribution in [0.2, 0.25) is 0 Å². The van der Waals surface area contributed by atoms with Gasteiger partial charge in [0.15, 0.2) is 0 Å². The first-order valence-corrected chi connectivity index (χ1v) is 7.74. The number of benzene rings is 1. The summed E-state index contributed by atoms with van der Waals surface area (Å²) in [6.07, 6.45) is 2.25. The average molecular weight is 286 g/mol. The fourth-order valence-corrected chi connectivity index (χ4v) is 2.79. The van der Waals surface area contributed by atoms with E-state index in [1.165, 1.54) is 10.5 Å². The van der Waals surface area contributed by atoms with E-state index in [-0.39, 0.29) is 23.9 Å². The van der Waals surface area contributed by atoms with Gasteiger partial charge in [-0.2, -0.15) is 0 Å². The van der Waals surface area contributed by atoms with Crippen molar-refractivity contribution < 1.29 is 9.59 Å². The molecule has 1 aromatic carbocycles. The molecule has 1 saturated heterocycles. The molecule has 2 fully saturated rings. The summed E-state index contributed by atoms with van der Waals surface area (Å²) < 4.78 is 0. The predicted molar refractivity (Wildman–Crippen MR) is 80.7 cm³/mol. The number of nitrogens with zero attached hydrogens (tertiary/aromatic N) is 1. The normalized spacial score (nSPS) is 22.4. The number of likely N-dealkylation sites (tertiary alicyclic amines) is 1. The third-order valence-corrected chi connectivity index (χ3v) is 4.29. The van der Waals surface area contributed by atoms with Crippen molar-refractivity contribution in [1.29, 1.82) is 0 Å². The Morgan fingerprint density at radius 3 is 2.43 bits per heavy atom. The van der Waals surface area contributed by atoms with E-state index in [4.69, 9.17) is 0 Å². The minimum Gasteiger partial charge on any atom is -0.301 e. The number of amides is 2. The van der Waals surface area contributed by atoms with Gasteiger partial charge in [-0.1, -0.05) is 38.1 Å². The minimum absolute atomic E-state index is 0.0184. The molecule has 1 aromatic rings. The zero-order valence-electron chi connectivity index (χ0n) is 12.6. The van der Waals surface area contributed by atoms with Crippen molar-refractivity contribution in [2.45, 2.75) is 57.7 Å². The van der Waals surface area contributed by atoms with E-state index < -0.39 is 0 Å². The molecular weight excluding hydrogens is 264 g/mol. The molecular formula is C17H22N2O2. The second-order valence-electron chi connectivity index (χ2n) is 6.37. The van der Waals surface area contributed by atoms with E-state index in [0.717, 1.165) is 18.4 Å². The molecule has 1 saturated carbocycles. The summed E-state index contributed by atoms with van der Waals surface area (Å²) in [6, 6.07) is 8.26. The van der Waals surface area contributed by atoms with Gasteiger partial charge in [0.25, 0.3) is 0 Å². The number of hydrogen-bond donors (Lipinski definition) is 1. The van der Waals surface area contributed by atoms with Crippen LogP contribution in [0.4, 0.5) is 0 Å². The molecule has 4 nitrogen and oxygen atoms in total. The van der Waals surface area contributed by atoms with Gasteiger partial charge in [-0.15, -0.1) is 0 Å². The Morgan fingerprint density at radius 1 is 1.19 bits per heavy atom. The summed E-state index contributed by atoms with van der Waals surface area (Å²) in [5.74, 6) is 0.463. The molecule has 0 radical (unpaired) electrons. The standard InChI is InChI=1S/C17H22N2O2/c1-11(2)13-5-3-12(4-6-13)10-18-15-9-16(20)19(17(15)21)14-7-8-14/h3-6,11,14-15,18H,7-10H2,1-2H3. The third kappa shape index (κ3) is 3.00. The fourth-order valence-electron chi connectivity index (χ4n) is 2.79. The van der Waals surface area contributed by atoms with E-state index >= 15 is 0 Å². The molecule has 1 N–H and O–H groups in total. The summed E-state index contributed by atoms with van der Waals surface area (Å²) in [6.45, 7) is 4.96. The van der Waals surface area contributed by atoms with Crippen LogP contribution in [0.15, 0.2) is 24.3 Å². The highest BCUT2D eigenvalue weighted by Crippen LogP contribution is 2.31. The van der Waals surface area contributed by atoms with Crippen LogP contribution >= 0.6 is 0 Å². The lowest BCUT2D eigenvalue weighted by Gasteiger charge is -2.14. The lowest BCUT2D eigenvalue weighted by Crippen LogP contribution is -2.39. The van der Waals surface area contributed by atoms with Crippen LogP contribution in [0.3, 0.4) is 0 Å². The van der Waals surface area contributed by atoms with Gasteiger partial charge in [-0.3, -0.25) is 14.5 Å². The quantitative estimate of drug-likeness (QED) is 0.844. The molecule has 21 heavy (non-hydrogen) atoms. The highest BCUT2D eigenvalue weighted by atomic mass is 16.2. The topological polar surface area (TPSA) is 49.4 Å². The second kappa shape index (κ2) is 5.60. The Kier molecular flexibility index (Phi) is 3.81. The molecule has 0 aromatic heterocycles. The van der Waals surface area contributed by atoms with Crippen molar-refractivity contribution in [3.8, 4) is 0 Å². The maximum Gasteiger partial charge on any atom is 0.247 e. The van der Waals surface area contributed by atoms with Crippen LogP contribution < -0.4 is 5.32 Å². The number of nitrogens with one attached hydrogen (secondary N) is 1. The number of carbonyl (C=O) groups is 2. The molecule has 1 unspecified atom stereocenters. The Balaban J connectivity index is 1.57. The van der Waals surface area contributed by atoms with Crippen LogP contribution in [-0.2, 0) is 16.1 Å². The predicted octanol–water partition coefficient (Wildman–Crippen LogP) is 2.19. The van der Waals surface area contributed by atoms with Crippen LogP contribution in [0.25, 0.3) is 0 Å². The SMILES string of the molecule is CC(C)c1ccc(CNC2CC(=O)N(C3CC3)C2=O)cc1. The smallest absolute Gasteiger partial charge is 0.247 e. The lowest BCUT2D eigenvalue weighted by molar-refractivity contribution is -0.139. The van der Waals surface area contributed by atoms with E-state index in [1.54, 1.807) is 0 Å². The first-order valence-electron chi connectivity index (χ1n) is 7.74. The van der Waals surface area contributed by atoms with E-state index in [2.05, 4.69) is 43.4 Å². The van der Waals surface area contributed by atoms with Crippen LogP contribution in [0.5, 0.6) is 0 Å². The summed E-state index contributed by atoms with van der Waals surface area (Å²) >= 11 is 0. The fraction of sp³-hybridized carbons (Fsp3) is 0.529. The molecule has 0 spiro atoms. The van der Waals surface area contributed by atoms with E-state index in [0.29, 0.717) is 18.9 Å². The van der Waals surface area contributed by atoms with Crippen molar-refractivity contribution in [3.05, 3.63) is 35.4 Å². The maximum atomic E-state index is 12.2. The zero-order valence-corrected chi connectivity index (χ0v) is 12.6. The monoisotopic (exact) mass is 286 g/mol. The van der Waals surface area contributed by atoms with Gasteiger partial charge >= 0.3 is 0 Å². The third-order valence-electron chi connectivity index (χ3n) is 4.29. The number of carbonyl (C=O) groups excluding carboxylic acids is 2. The highest BCUT2D eigenvalue weighted by molar-refractivity contribution is 6.06. The maximum absolute atomic E-state index is 12.2. The Morgan fingerprint density at radius 2 is 1.86 bits per heavy atom. The largest absolute Gasteiger partial charge is 0.301 e. The lowest BCUT2D eigenvalue weighted by atomic mass is 10.0. The number of imide groups is 1. The molecule has 0 bridgehead atoms. The minimum atomic E-state index is -0.345. The van der Waals surface area contributed by atoms with Crippen molar-refractivity contribution in [2.24, 2.45) is 0 Å². The van der Waals surface area contributed by atoms with E-state index in [1.807, 2.05) is 0 Å².